The zero-order valence-electron chi connectivity index (χ0n) is 8.94. The van der Waals surface area contributed by atoms with Crippen LogP contribution in [0.4, 0.5) is 0 Å². The van der Waals surface area contributed by atoms with Gasteiger partial charge in [-0.05, 0) is 17.9 Å². The average molecular weight is 210 g/mol. The first-order valence-corrected chi connectivity index (χ1v) is 4.63. The first kappa shape index (κ1) is 11.5. The van der Waals surface area contributed by atoms with Crippen LogP contribution in [0.3, 0.4) is 0 Å². The van der Waals surface area contributed by atoms with Gasteiger partial charge in [-0.1, -0.05) is 26.0 Å². The molecule has 0 heterocycles. The van der Waals surface area contributed by atoms with Crippen LogP contribution in [0.25, 0.3) is 0 Å². The van der Waals surface area contributed by atoms with E-state index in [1.54, 1.807) is 26.8 Å². The van der Waals surface area contributed by atoms with E-state index >= 15 is 0 Å². The van der Waals surface area contributed by atoms with E-state index in [1.165, 1.54) is 6.08 Å². The lowest BCUT2D eigenvalue weighted by molar-refractivity contribution is -0.143. The third-order valence-corrected chi connectivity index (χ3v) is 2.76. The lowest BCUT2D eigenvalue weighted by Crippen LogP contribution is -2.33. The maximum absolute atomic E-state index is 11.1. The van der Waals surface area contributed by atoms with Crippen LogP contribution in [0, 0.1) is 11.3 Å². The molecule has 4 heteroatoms. The minimum Gasteiger partial charge on any atom is -0.481 e. The van der Waals surface area contributed by atoms with Gasteiger partial charge < -0.3 is 10.2 Å². The molecule has 0 aromatic heterocycles. The molecule has 0 saturated carbocycles. The first-order chi connectivity index (χ1) is 6.77. The van der Waals surface area contributed by atoms with E-state index in [0.717, 1.165) is 0 Å². The Labute approximate surface area is 87.9 Å². The average Bonchev–Trinajstić information content (AvgIpc) is 2.00. The highest BCUT2D eigenvalue weighted by molar-refractivity contribution is 5.93. The number of carboxylic acids is 2. The number of carbonyl (C=O) groups is 2. The molecule has 0 amide bonds. The molecule has 0 bridgehead atoms. The number of aliphatic carboxylic acids is 2. The second-order valence-corrected chi connectivity index (χ2v) is 4.33. The molecule has 0 fully saturated rings. The Hall–Kier alpha value is -1.58. The summed E-state index contributed by atoms with van der Waals surface area (Å²) in [6.07, 6.45) is 3.12. The van der Waals surface area contributed by atoms with E-state index in [9.17, 15) is 9.59 Å². The summed E-state index contributed by atoms with van der Waals surface area (Å²) in [5.74, 6) is -2.83. The summed E-state index contributed by atoms with van der Waals surface area (Å²) >= 11 is 0. The zero-order valence-corrected chi connectivity index (χ0v) is 8.94. The van der Waals surface area contributed by atoms with E-state index in [0.29, 0.717) is 5.57 Å². The molecule has 1 rings (SSSR count). The Morgan fingerprint density at radius 1 is 1.33 bits per heavy atom. The Morgan fingerprint density at radius 3 is 2.27 bits per heavy atom. The van der Waals surface area contributed by atoms with E-state index < -0.39 is 23.3 Å². The minimum atomic E-state index is -1.08. The predicted molar refractivity (Wildman–Crippen MR) is 54.4 cm³/mol. The van der Waals surface area contributed by atoms with Crippen LogP contribution in [0.5, 0.6) is 0 Å². The molecule has 82 valence electrons. The quantitative estimate of drug-likeness (QED) is 0.727. The van der Waals surface area contributed by atoms with Crippen molar-refractivity contribution < 1.29 is 19.8 Å². The first-order valence-electron chi connectivity index (χ1n) is 4.63. The van der Waals surface area contributed by atoms with Gasteiger partial charge in [0.2, 0.25) is 0 Å². The SMILES string of the molecule is CC1=C(C(=O)O)C=CC(C)(C)C1C(=O)O. The van der Waals surface area contributed by atoms with Crippen LogP contribution in [0.15, 0.2) is 23.3 Å². The fourth-order valence-corrected chi connectivity index (χ4v) is 1.98. The molecule has 1 aliphatic carbocycles. The van der Waals surface area contributed by atoms with Crippen molar-refractivity contribution in [1.29, 1.82) is 0 Å². The molecule has 0 aliphatic heterocycles. The van der Waals surface area contributed by atoms with Crippen molar-refractivity contribution in [2.75, 3.05) is 0 Å². The zero-order chi connectivity index (χ0) is 11.8. The highest BCUT2D eigenvalue weighted by Gasteiger charge is 2.38. The van der Waals surface area contributed by atoms with Gasteiger partial charge in [0.1, 0.15) is 0 Å². The second-order valence-electron chi connectivity index (χ2n) is 4.33. The fraction of sp³-hybridized carbons (Fsp3) is 0.455. The monoisotopic (exact) mass is 210 g/mol. The van der Waals surface area contributed by atoms with Gasteiger partial charge >= 0.3 is 11.9 Å². The molecule has 4 nitrogen and oxygen atoms in total. The summed E-state index contributed by atoms with van der Waals surface area (Å²) in [4.78, 5) is 21.9. The van der Waals surface area contributed by atoms with Crippen LogP contribution in [-0.4, -0.2) is 22.2 Å². The third kappa shape index (κ3) is 1.93. The fourth-order valence-electron chi connectivity index (χ4n) is 1.98. The summed E-state index contributed by atoms with van der Waals surface area (Å²) in [7, 11) is 0. The molecular formula is C11H14O4. The smallest absolute Gasteiger partial charge is 0.335 e. The lowest BCUT2D eigenvalue weighted by atomic mass is 9.70. The van der Waals surface area contributed by atoms with Crippen LogP contribution in [0.2, 0.25) is 0 Å². The largest absolute Gasteiger partial charge is 0.481 e. The van der Waals surface area contributed by atoms with E-state index in [4.69, 9.17) is 10.2 Å². The predicted octanol–water partition coefficient (Wildman–Crippen LogP) is 1.68. The number of allylic oxidation sites excluding steroid dienone is 1. The Balaban J connectivity index is 3.27. The minimum absolute atomic E-state index is 0.0849. The summed E-state index contributed by atoms with van der Waals surface area (Å²) in [5, 5.41) is 18.0. The molecule has 1 aliphatic rings. The molecule has 0 saturated heterocycles. The van der Waals surface area contributed by atoms with E-state index in [-0.39, 0.29) is 5.57 Å². The van der Waals surface area contributed by atoms with Gasteiger partial charge in [-0.3, -0.25) is 4.79 Å². The lowest BCUT2D eigenvalue weighted by Gasteiger charge is -2.32. The van der Waals surface area contributed by atoms with Crippen molar-refractivity contribution in [3.63, 3.8) is 0 Å². The van der Waals surface area contributed by atoms with Crippen LogP contribution < -0.4 is 0 Å². The Kier molecular flexibility index (Phi) is 2.71. The van der Waals surface area contributed by atoms with Gasteiger partial charge in [0, 0.05) is 0 Å². The van der Waals surface area contributed by atoms with Crippen LogP contribution in [-0.2, 0) is 9.59 Å². The number of hydrogen-bond donors (Lipinski definition) is 2. The van der Waals surface area contributed by atoms with Gasteiger partial charge in [-0.2, -0.15) is 0 Å². The van der Waals surface area contributed by atoms with E-state index in [2.05, 4.69) is 0 Å². The van der Waals surface area contributed by atoms with Crippen molar-refractivity contribution in [3.8, 4) is 0 Å². The van der Waals surface area contributed by atoms with Crippen molar-refractivity contribution in [2.45, 2.75) is 20.8 Å². The summed E-state index contributed by atoms with van der Waals surface area (Å²) in [5.41, 5.74) is -0.0567. The van der Waals surface area contributed by atoms with Gasteiger partial charge in [0.15, 0.2) is 0 Å². The van der Waals surface area contributed by atoms with Gasteiger partial charge in [-0.25, -0.2) is 4.79 Å². The van der Waals surface area contributed by atoms with Gasteiger partial charge in [0.25, 0.3) is 0 Å². The summed E-state index contributed by atoms with van der Waals surface area (Å²) < 4.78 is 0. The number of rotatable bonds is 2. The van der Waals surface area contributed by atoms with Crippen molar-refractivity contribution in [2.24, 2.45) is 11.3 Å². The molecule has 1 atom stereocenters. The Bertz CT molecular complexity index is 374. The second kappa shape index (κ2) is 3.53. The molecule has 0 aromatic carbocycles. The van der Waals surface area contributed by atoms with Gasteiger partial charge in [-0.15, -0.1) is 0 Å². The van der Waals surface area contributed by atoms with E-state index in [1.807, 2.05) is 0 Å². The normalized spacial score (nSPS) is 24.1. The van der Waals surface area contributed by atoms with Crippen molar-refractivity contribution >= 4 is 11.9 Å². The molecule has 2 N–H and O–H groups in total. The molecule has 0 spiro atoms. The molecular weight excluding hydrogens is 196 g/mol. The summed E-state index contributed by atoms with van der Waals surface area (Å²) in [6.45, 7) is 5.13. The molecule has 0 radical (unpaired) electrons. The molecule has 1 unspecified atom stereocenters. The van der Waals surface area contributed by atoms with Crippen molar-refractivity contribution in [1.82, 2.24) is 0 Å². The van der Waals surface area contributed by atoms with Crippen molar-refractivity contribution in [3.05, 3.63) is 23.3 Å². The highest BCUT2D eigenvalue weighted by atomic mass is 16.4. The third-order valence-electron chi connectivity index (χ3n) is 2.76. The molecule has 0 aromatic rings. The summed E-state index contributed by atoms with van der Waals surface area (Å²) in [6, 6.07) is 0. The number of carboxylic acid groups (broad SMARTS) is 2. The number of hydrogen-bond acceptors (Lipinski definition) is 2. The van der Waals surface area contributed by atoms with Gasteiger partial charge in [0.05, 0.1) is 11.5 Å². The maximum atomic E-state index is 11.1. The topological polar surface area (TPSA) is 74.6 Å². The Morgan fingerprint density at radius 2 is 1.87 bits per heavy atom. The van der Waals surface area contributed by atoms with Crippen LogP contribution >= 0.6 is 0 Å². The highest BCUT2D eigenvalue weighted by Crippen LogP contribution is 2.39. The standard InChI is InChI=1S/C11H14O4/c1-6-7(9(12)13)4-5-11(2,3)8(6)10(14)15/h4-5,8H,1-3H3,(H,12,13)(H,14,15). The molecule has 15 heavy (non-hydrogen) atoms. The maximum Gasteiger partial charge on any atom is 0.335 e. The van der Waals surface area contributed by atoms with Crippen LogP contribution in [0.1, 0.15) is 20.8 Å².